The molecule has 47 heavy (non-hydrogen) atoms. The summed E-state index contributed by atoms with van der Waals surface area (Å²) < 4.78 is 12.7. The molecule has 5 rings (SSSR count). The summed E-state index contributed by atoms with van der Waals surface area (Å²) in [6.45, 7) is 18.2. The van der Waals surface area contributed by atoms with E-state index in [0.717, 1.165) is 16.8 Å². The molecule has 0 aliphatic carbocycles. The number of para-hydroxylation sites is 1. The van der Waals surface area contributed by atoms with Gasteiger partial charge < -0.3 is 29.3 Å². The predicted molar refractivity (Wildman–Crippen MR) is 183 cm³/mol. The highest BCUT2D eigenvalue weighted by Crippen LogP contribution is 2.65. The van der Waals surface area contributed by atoms with Gasteiger partial charge in [-0.1, -0.05) is 44.2 Å². The van der Waals surface area contributed by atoms with E-state index in [4.69, 9.17) is 9.47 Å². The Kier molecular flexibility index (Phi) is 9.99. The van der Waals surface area contributed by atoms with E-state index in [9.17, 15) is 14.7 Å². The number of hydrogen-bond acceptors (Lipinski definition) is 6. The van der Waals surface area contributed by atoms with Gasteiger partial charge in [-0.3, -0.25) is 14.4 Å². The van der Waals surface area contributed by atoms with Crippen LogP contribution in [0, 0.1) is 25.7 Å². The van der Waals surface area contributed by atoms with Crippen molar-refractivity contribution in [3.63, 3.8) is 0 Å². The van der Waals surface area contributed by atoms with Crippen molar-refractivity contribution in [2.45, 2.75) is 83.6 Å². The molecule has 3 heterocycles. The molecule has 9 heteroatoms. The minimum atomic E-state index is -1.23. The van der Waals surface area contributed by atoms with Gasteiger partial charge in [-0.2, -0.15) is 0 Å². The molecule has 3 fully saturated rings. The van der Waals surface area contributed by atoms with E-state index in [2.05, 4.69) is 13.2 Å². The van der Waals surface area contributed by atoms with Crippen LogP contribution in [0.5, 0.6) is 5.75 Å². The average molecular weight is 644 g/mol. The molecule has 9 nitrogen and oxygen atoms in total. The predicted octanol–water partition coefficient (Wildman–Crippen LogP) is 5.37. The Hall–Kier alpha value is -3.95. The number of hydrogen-bond donors (Lipinski definition) is 1. The van der Waals surface area contributed by atoms with Crippen LogP contribution in [0.25, 0.3) is 0 Å². The lowest BCUT2D eigenvalue weighted by Gasteiger charge is -2.40. The molecular weight excluding hydrogens is 594 g/mol. The number of aliphatic hydroxyl groups is 1. The molecule has 6 atom stereocenters. The van der Waals surface area contributed by atoms with Crippen LogP contribution >= 0.6 is 0 Å². The normalized spacial score (nSPS) is 26.6. The molecule has 3 amide bonds. The second kappa shape index (κ2) is 13.6. The van der Waals surface area contributed by atoms with Crippen LogP contribution in [-0.4, -0.2) is 77.3 Å². The third kappa shape index (κ3) is 5.47. The van der Waals surface area contributed by atoms with E-state index >= 15 is 4.79 Å². The van der Waals surface area contributed by atoms with Crippen LogP contribution in [0.3, 0.4) is 0 Å². The van der Waals surface area contributed by atoms with Gasteiger partial charge in [-0.05, 0) is 81.8 Å². The summed E-state index contributed by atoms with van der Waals surface area (Å²) >= 11 is 0. The van der Waals surface area contributed by atoms with Crippen LogP contribution in [0.15, 0.2) is 67.8 Å². The largest absolute Gasteiger partial charge is 0.494 e. The van der Waals surface area contributed by atoms with Crippen LogP contribution in [0.1, 0.15) is 57.6 Å². The molecule has 3 saturated heterocycles. The van der Waals surface area contributed by atoms with Crippen molar-refractivity contribution in [3.05, 3.63) is 78.9 Å². The summed E-state index contributed by atoms with van der Waals surface area (Å²) in [5.41, 5.74) is 1.11. The SMILES string of the molecule is C=CCN(C(=O)[C@@H]1[C@H]2C(=O)N([C@@H](CC)CO)C(C(=O)N(CC=C)c3c(C)cccc3C)C23CC[C@@]1(CC)O3)c1ccc(OCC)cc1. The Labute approximate surface area is 278 Å². The maximum Gasteiger partial charge on any atom is 0.253 e. The van der Waals surface area contributed by atoms with Crippen molar-refractivity contribution < 1.29 is 29.0 Å². The first-order valence-electron chi connectivity index (χ1n) is 16.9. The first-order chi connectivity index (χ1) is 22.6. The lowest BCUT2D eigenvalue weighted by molar-refractivity contribution is -0.149. The van der Waals surface area contributed by atoms with E-state index in [1.807, 2.05) is 77.1 Å². The summed E-state index contributed by atoms with van der Waals surface area (Å²) in [4.78, 5) is 49.7. The number of carbonyl (C=O) groups excluding carboxylic acids is 3. The number of fused-ring (bicyclic) bond motifs is 1. The second-order valence-corrected chi connectivity index (χ2v) is 13.0. The van der Waals surface area contributed by atoms with Crippen molar-refractivity contribution in [2.24, 2.45) is 11.8 Å². The van der Waals surface area contributed by atoms with E-state index in [0.29, 0.717) is 43.7 Å². The van der Waals surface area contributed by atoms with Crippen LogP contribution < -0.4 is 14.5 Å². The molecule has 2 bridgehead atoms. The van der Waals surface area contributed by atoms with Gasteiger partial charge in [-0.25, -0.2) is 0 Å². The quantitative estimate of drug-likeness (QED) is 0.278. The van der Waals surface area contributed by atoms with Crippen LogP contribution in [0.2, 0.25) is 0 Å². The fraction of sp³-hybridized carbons (Fsp3) is 0.500. The first-order valence-corrected chi connectivity index (χ1v) is 16.9. The number of likely N-dealkylation sites (tertiary alicyclic amines) is 1. The zero-order valence-corrected chi connectivity index (χ0v) is 28.4. The fourth-order valence-electron chi connectivity index (χ4n) is 8.43. The van der Waals surface area contributed by atoms with Gasteiger partial charge in [0.15, 0.2) is 0 Å². The monoisotopic (exact) mass is 643 g/mol. The van der Waals surface area contributed by atoms with E-state index < -0.39 is 35.1 Å². The topological polar surface area (TPSA) is 99.6 Å². The highest BCUT2D eigenvalue weighted by atomic mass is 16.5. The third-order valence-electron chi connectivity index (χ3n) is 10.5. The summed E-state index contributed by atoms with van der Waals surface area (Å²) in [5.74, 6) is -1.87. The molecule has 0 radical (unpaired) electrons. The van der Waals surface area contributed by atoms with Gasteiger partial charge in [0, 0.05) is 24.5 Å². The number of nitrogens with zero attached hydrogens (tertiary/aromatic N) is 3. The van der Waals surface area contributed by atoms with Crippen molar-refractivity contribution in [1.29, 1.82) is 0 Å². The number of anilines is 2. The number of amides is 3. The molecule has 1 spiro atoms. The Bertz CT molecular complexity index is 1500. The molecule has 3 aliphatic heterocycles. The minimum Gasteiger partial charge on any atom is -0.494 e. The summed E-state index contributed by atoms with van der Waals surface area (Å²) in [6, 6.07) is 11.5. The first kappa shape index (κ1) is 34.4. The van der Waals surface area contributed by atoms with E-state index in [-0.39, 0.29) is 37.4 Å². The number of ether oxygens (including phenoxy) is 2. The molecule has 2 unspecified atom stereocenters. The number of aliphatic hydroxyl groups excluding tert-OH is 1. The molecule has 2 aromatic carbocycles. The van der Waals surface area contributed by atoms with Crippen LogP contribution in [-0.2, 0) is 19.1 Å². The van der Waals surface area contributed by atoms with Gasteiger partial charge in [0.1, 0.15) is 17.4 Å². The highest BCUT2D eigenvalue weighted by molar-refractivity contribution is 6.07. The maximum absolute atomic E-state index is 15.1. The Morgan fingerprint density at radius 3 is 2.21 bits per heavy atom. The molecule has 0 saturated carbocycles. The average Bonchev–Trinajstić information content (AvgIpc) is 3.67. The van der Waals surface area contributed by atoms with Gasteiger partial charge in [0.25, 0.3) is 5.91 Å². The maximum atomic E-state index is 15.1. The molecular formula is C38H49N3O6. The van der Waals surface area contributed by atoms with Crippen LogP contribution in [0.4, 0.5) is 11.4 Å². The molecule has 1 N–H and O–H groups in total. The Balaban J connectivity index is 1.64. The fourth-order valence-corrected chi connectivity index (χ4v) is 8.43. The Morgan fingerprint density at radius 2 is 1.66 bits per heavy atom. The van der Waals surface area contributed by atoms with Crippen molar-refractivity contribution in [1.82, 2.24) is 4.90 Å². The number of aryl methyl sites for hydroxylation is 2. The lowest BCUT2D eigenvalue weighted by Crippen LogP contribution is -2.59. The van der Waals surface area contributed by atoms with E-state index in [1.54, 1.807) is 26.9 Å². The van der Waals surface area contributed by atoms with E-state index in [1.165, 1.54) is 0 Å². The van der Waals surface area contributed by atoms with Crippen molar-refractivity contribution in [2.75, 3.05) is 36.1 Å². The van der Waals surface area contributed by atoms with Crippen molar-refractivity contribution >= 4 is 29.1 Å². The highest BCUT2D eigenvalue weighted by Gasteiger charge is 2.79. The molecule has 252 valence electrons. The number of rotatable bonds is 14. The summed E-state index contributed by atoms with van der Waals surface area (Å²) in [6.07, 6.45) is 5.28. The molecule has 3 aliphatic rings. The summed E-state index contributed by atoms with van der Waals surface area (Å²) in [5, 5.41) is 10.5. The zero-order chi connectivity index (χ0) is 34.1. The zero-order valence-electron chi connectivity index (χ0n) is 28.4. The van der Waals surface area contributed by atoms with Gasteiger partial charge in [-0.15, -0.1) is 13.2 Å². The Morgan fingerprint density at radius 1 is 1.02 bits per heavy atom. The smallest absolute Gasteiger partial charge is 0.253 e. The van der Waals surface area contributed by atoms with Gasteiger partial charge in [0.2, 0.25) is 11.8 Å². The standard InChI is InChI=1S/C38H49N3O6/c1-8-22-39(28-16-18-29(19-17-28)46-12-5)34(43)30-31-35(44)41(27(10-3)24-42)33(38(31)21-20-37(30,11-4)47-38)36(45)40(23-9-2)32-25(6)14-13-15-26(32)7/h8-9,13-19,27,30-31,33,42H,1-2,10-12,20-24H2,3-7H3/t27-,30-,31-,33?,37+,38?/m0/s1. The number of benzene rings is 2. The molecule has 0 aromatic heterocycles. The lowest BCUT2D eigenvalue weighted by atomic mass is 9.64. The van der Waals surface area contributed by atoms with Gasteiger partial charge in [0.05, 0.1) is 36.7 Å². The van der Waals surface area contributed by atoms with Gasteiger partial charge >= 0.3 is 0 Å². The minimum absolute atomic E-state index is 0.228. The third-order valence-corrected chi connectivity index (χ3v) is 10.5. The van der Waals surface area contributed by atoms with Crippen molar-refractivity contribution in [3.8, 4) is 5.75 Å². The number of carbonyl (C=O) groups is 3. The second-order valence-electron chi connectivity index (χ2n) is 13.0. The molecule has 2 aromatic rings. The summed E-state index contributed by atoms with van der Waals surface area (Å²) in [7, 11) is 0.